The molecule has 4 heteroatoms. The molecule has 0 radical (unpaired) electrons. The van der Waals surface area contributed by atoms with Gasteiger partial charge in [-0.3, -0.25) is 0 Å². The first kappa shape index (κ1) is 9.67. The molecule has 0 aliphatic rings. The van der Waals surface area contributed by atoms with Crippen molar-refractivity contribution in [3.63, 3.8) is 0 Å². The van der Waals surface area contributed by atoms with Gasteiger partial charge < -0.3 is 11.1 Å². The van der Waals surface area contributed by atoms with Gasteiger partial charge >= 0.3 is 0 Å². The van der Waals surface area contributed by atoms with Crippen LogP contribution in [0.3, 0.4) is 0 Å². The van der Waals surface area contributed by atoms with E-state index in [-0.39, 0.29) is 10.9 Å². The fourth-order valence-electron chi connectivity index (χ4n) is 0.872. The normalized spacial score (nSPS) is 9.31. The molecule has 0 saturated carbocycles. The van der Waals surface area contributed by atoms with Gasteiger partial charge in [-0.15, -0.1) is 0 Å². The van der Waals surface area contributed by atoms with Crippen molar-refractivity contribution in [2.75, 3.05) is 0 Å². The van der Waals surface area contributed by atoms with E-state index < -0.39 is 0 Å². The molecule has 0 amide bonds. The maximum Gasteiger partial charge on any atom is 0.168 e. The van der Waals surface area contributed by atoms with Crippen LogP contribution in [0.25, 0.3) is 5.70 Å². The highest BCUT2D eigenvalue weighted by atomic mass is 32.1. The fraction of sp³-hybridized carbons (Fsp3) is 0. The number of nitrogens with two attached hydrogens (primary N) is 1. The molecule has 0 saturated heterocycles. The van der Waals surface area contributed by atoms with Crippen molar-refractivity contribution in [2.24, 2.45) is 5.73 Å². The lowest BCUT2D eigenvalue weighted by atomic mass is 10.2. The Labute approximate surface area is 81.3 Å². The minimum Gasteiger partial charge on any atom is -0.376 e. The monoisotopic (exact) mass is 196 g/mol. The van der Waals surface area contributed by atoms with Crippen LogP contribution in [0.2, 0.25) is 0 Å². The summed E-state index contributed by atoms with van der Waals surface area (Å²) >= 11 is 4.63. The Balaban J connectivity index is 2.78. The van der Waals surface area contributed by atoms with Crippen LogP contribution in [0.5, 0.6) is 0 Å². The first-order valence-electron chi connectivity index (χ1n) is 3.61. The van der Waals surface area contributed by atoms with Crippen LogP contribution in [-0.4, -0.2) is 5.11 Å². The van der Waals surface area contributed by atoms with Gasteiger partial charge in [-0.05, 0) is 29.9 Å². The number of thiocarbonyl (C=S) groups is 1. The second-order valence-corrected chi connectivity index (χ2v) is 2.91. The van der Waals surface area contributed by atoms with Crippen molar-refractivity contribution >= 4 is 23.0 Å². The first-order chi connectivity index (χ1) is 6.09. The molecular formula is C9H9FN2S. The number of nitrogens with one attached hydrogen (secondary N) is 1. The molecule has 0 unspecified atom stereocenters. The van der Waals surface area contributed by atoms with Crippen LogP contribution in [0.1, 0.15) is 5.56 Å². The maximum absolute atomic E-state index is 12.5. The summed E-state index contributed by atoms with van der Waals surface area (Å²) in [5, 5.41) is 2.82. The molecule has 13 heavy (non-hydrogen) atoms. The maximum atomic E-state index is 12.5. The Morgan fingerprint density at radius 2 is 1.92 bits per heavy atom. The lowest BCUT2D eigenvalue weighted by Gasteiger charge is -2.06. The average molecular weight is 196 g/mol. The molecule has 2 nitrogen and oxygen atoms in total. The summed E-state index contributed by atoms with van der Waals surface area (Å²) in [6.45, 7) is 3.69. The average Bonchev–Trinajstić information content (AvgIpc) is 2.04. The highest BCUT2D eigenvalue weighted by Gasteiger charge is 1.98. The van der Waals surface area contributed by atoms with Crippen LogP contribution in [0.4, 0.5) is 4.39 Å². The van der Waals surface area contributed by atoms with E-state index in [1.54, 1.807) is 12.1 Å². The molecule has 0 fully saturated rings. The Morgan fingerprint density at radius 1 is 1.38 bits per heavy atom. The Morgan fingerprint density at radius 3 is 2.38 bits per heavy atom. The van der Waals surface area contributed by atoms with Crippen molar-refractivity contribution in [3.05, 3.63) is 42.2 Å². The van der Waals surface area contributed by atoms with Crippen LogP contribution >= 0.6 is 12.2 Å². The lowest BCUT2D eigenvalue weighted by Crippen LogP contribution is -2.27. The van der Waals surface area contributed by atoms with Gasteiger partial charge in [-0.25, -0.2) is 4.39 Å². The Hall–Kier alpha value is -1.42. The zero-order chi connectivity index (χ0) is 9.84. The third-order valence-electron chi connectivity index (χ3n) is 1.47. The van der Waals surface area contributed by atoms with Gasteiger partial charge in [0.1, 0.15) is 5.82 Å². The minimum absolute atomic E-state index is 0.148. The summed E-state index contributed by atoms with van der Waals surface area (Å²) in [5.41, 5.74) is 6.57. The van der Waals surface area contributed by atoms with Crippen molar-refractivity contribution < 1.29 is 4.39 Å². The van der Waals surface area contributed by atoms with E-state index >= 15 is 0 Å². The van der Waals surface area contributed by atoms with E-state index in [4.69, 9.17) is 5.73 Å². The van der Waals surface area contributed by atoms with Crippen LogP contribution < -0.4 is 11.1 Å². The molecular weight excluding hydrogens is 187 g/mol. The van der Waals surface area contributed by atoms with Crippen molar-refractivity contribution in [1.29, 1.82) is 0 Å². The molecule has 0 aliphatic carbocycles. The summed E-state index contributed by atoms with van der Waals surface area (Å²) in [4.78, 5) is 0. The molecule has 1 aromatic carbocycles. The Bertz CT molecular complexity index is 332. The number of halogens is 1. The van der Waals surface area contributed by atoms with Gasteiger partial charge in [0.05, 0.1) is 0 Å². The predicted molar refractivity (Wildman–Crippen MR) is 55.4 cm³/mol. The van der Waals surface area contributed by atoms with E-state index in [1.807, 2.05) is 0 Å². The van der Waals surface area contributed by atoms with E-state index in [1.165, 1.54) is 12.1 Å². The SMILES string of the molecule is C=C(NC(N)=S)c1ccc(F)cc1. The molecule has 0 bridgehead atoms. The molecule has 0 heterocycles. The molecule has 0 aromatic heterocycles. The van der Waals surface area contributed by atoms with Crippen LogP contribution in [0.15, 0.2) is 30.8 Å². The van der Waals surface area contributed by atoms with Crippen LogP contribution in [-0.2, 0) is 0 Å². The number of hydrogen-bond donors (Lipinski definition) is 2. The quantitative estimate of drug-likeness (QED) is 0.706. The molecule has 3 N–H and O–H groups in total. The van der Waals surface area contributed by atoms with E-state index in [0.717, 1.165) is 5.56 Å². The first-order valence-corrected chi connectivity index (χ1v) is 4.01. The second kappa shape index (κ2) is 4.00. The zero-order valence-corrected chi connectivity index (χ0v) is 7.70. The van der Waals surface area contributed by atoms with Crippen LogP contribution in [0, 0.1) is 5.82 Å². The third kappa shape index (κ3) is 2.83. The minimum atomic E-state index is -0.285. The predicted octanol–water partition coefficient (Wildman–Crippen LogP) is 1.63. The lowest BCUT2D eigenvalue weighted by molar-refractivity contribution is 0.627. The molecule has 68 valence electrons. The van der Waals surface area contributed by atoms with Gasteiger partial charge in [-0.1, -0.05) is 18.7 Å². The summed E-state index contributed by atoms with van der Waals surface area (Å²) in [5.74, 6) is -0.285. The molecule has 0 atom stereocenters. The van der Waals surface area contributed by atoms with Crippen molar-refractivity contribution in [3.8, 4) is 0 Å². The van der Waals surface area contributed by atoms with Gasteiger partial charge in [-0.2, -0.15) is 0 Å². The smallest absolute Gasteiger partial charge is 0.168 e. The van der Waals surface area contributed by atoms with Gasteiger partial charge in [0.2, 0.25) is 0 Å². The largest absolute Gasteiger partial charge is 0.376 e. The Kier molecular flexibility index (Phi) is 2.97. The fourth-order valence-corrected chi connectivity index (χ4v) is 0.995. The van der Waals surface area contributed by atoms with Gasteiger partial charge in [0.15, 0.2) is 5.11 Å². The molecule has 1 aromatic rings. The van der Waals surface area contributed by atoms with E-state index in [2.05, 4.69) is 24.1 Å². The van der Waals surface area contributed by atoms with E-state index in [0.29, 0.717) is 5.70 Å². The molecule has 0 aliphatic heterocycles. The van der Waals surface area contributed by atoms with Gasteiger partial charge in [0.25, 0.3) is 0 Å². The van der Waals surface area contributed by atoms with E-state index in [9.17, 15) is 4.39 Å². The second-order valence-electron chi connectivity index (χ2n) is 2.47. The zero-order valence-electron chi connectivity index (χ0n) is 6.88. The van der Waals surface area contributed by atoms with Crippen molar-refractivity contribution in [1.82, 2.24) is 5.32 Å². The highest BCUT2D eigenvalue weighted by molar-refractivity contribution is 7.80. The summed E-state index contributed by atoms with van der Waals surface area (Å²) in [6.07, 6.45) is 0. The highest BCUT2D eigenvalue weighted by Crippen LogP contribution is 2.09. The summed E-state index contributed by atoms with van der Waals surface area (Å²) < 4.78 is 12.5. The third-order valence-corrected chi connectivity index (χ3v) is 1.57. The van der Waals surface area contributed by atoms with Gasteiger partial charge in [0, 0.05) is 5.70 Å². The molecule has 1 rings (SSSR count). The number of hydrogen-bond acceptors (Lipinski definition) is 1. The van der Waals surface area contributed by atoms with Crippen molar-refractivity contribution in [2.45, 2.75) is 0 Å². The number of benzene rings is 1. The summed E-state index contributed by atoms with van der Waals surface area (Å²) in [6, 6.07) is 5.90. The number of rotatable bonds is 2. The summed E-state index contributed by atoms with van der Waals surface area (Å²) in [7, 11) is 0. The standard InChI is InChI=1S/C9H9FN2S/c1-6(12-9(11)13)7-2-4-8(10)5-3-7/h2-5H,1H2,(H3,11,12,13). The molecule has 0 spiro atoms. The topological polar surface area (TPSA) is 38.0 Å².